The molecule has 3 aromatic heterocycles. The van der Waals surface area contributed by atoms with Gasteiger partial charge in [-0.1, -0.05) is 17.7 Å². The number of aromatic amines is 1. The molecular weight excluding hydrogens is 420 g/mol. The Morgan fingerprint density at radius 2 is 1.97 bits per heavy atom. The van der Waals surface area contributed by atoms with Gasteiger partial charge in [0.25, 0.3) is 0 Å². The number of fused-ring (bicyclic) bond motifs is 3. The van der Waals surface area contributed by atoms with E-state index in [1.165, 1.54) is 6.20 Å². The summed E-state index contributed by atoms with van der Waals surface area (Å²) in [5, 5.41) is 4.81. The molecular formula is C22H21ClN4O4. The highest BCUT2D eigenvalue weighted by Gasteiger charge is 2.20. The first-order valence-corrected chi connectivity index (χ1v) is 10.0. The Bertz CT molecular complexity index is 1240. The SMILES string of the molecule is COCc1c(OC(=O)NC(C)C)ncc2[nH]c3cccc(Oc4ccc(Cl)cn4)c3c12. The number of pyridine rings is 2. The number of aromatic nitrogens is 3. The van der Waals surface area contributed by atoms with Gasteiger partial charge in [0.05, 0.1) is 39.8 Å². The first-order valence-electron chi connectivity index (χ1n) is 9.65. The second-order valence-corrected chi connectivity index (χ2v) is 7.61. The maximum atomic E-state index is 12.2. The Morgan fingerprint density at radius 1 is 1.13 bits per heavy atom. The zero-order valence-electron chi connectivity index (χ0n) is 17.2. The number of halogens is 1. The smallest absolute Gasteiger partial charge is 0.414 e. The van der Waals surface area contributed by atoms with E-state index in [2.05, 4.69) is 20.3 Å². The Labute approximate surface area is 183 Å². The number of methoxy groups -OCH3 is 1. The van der Waals surface area contributed by atoms with Crippen molar-refractivity contribution in [3.05, 3.63) is 53.3 Å². The van der Waals surface area contributed by atoms with Crippen LogP contribution in [-0.4, -0.2) is 34.2 Å². The molecule has 2 N–H and O–H groups in total. The second-order valence-electron chi connectivity index (χ2n) is 7.17. The summed E-state index contributed by atoms with van der Waals surface area (Å²) in [5.74, 6) is 1.16. The number of hydrogen-bond acceptors (Lipinski definition) is 6. The van der Waals surface area contributed by atoms with E-state index in [4.69, 9.17) is 25.8 Å². The molecule has 8 nitrogen and oxygen atoms in total. The van der Waals surface area contributed by atoms with Crippen LogP contribution in [0, 0.1) is 0 Å². The average molecular weight is 441 g/mol. The highest BCUT2D eigenvalue weighted by Crippen LogP contribution is 2.39. The van der Waals surface area contributed by atoms with E-state index in [9.17, 15) is 4.79 Å². The average Bonchev–Trinajstić information content (AvgIpc) is 3.11. The van der Waals surface area contributed by atoms with Crippen LogP contribution in [0.2, 0.25) is 5.02 Å². The molecule has 0 atom stereocenters. The van der Waals surface area contributed by atoms with Gasteiger partial charge in [-0.3, -0.25) is 0 Å². The van der Waals surface area contributed by atoms with Crippen molar-refractivity contribution >= 4 is 39.5 Å². The standard InChI is InChI=1S/C22H21ClN4O4/c1-12(2)26-22(28)31-21-14(11-29-3)19-16(10-25-21)27-15-5-4-6-17(20(15)19)30-18-8-7-13(23)9-24-18/h4-10,12,27H,11H2,1-3H3,(H,26,28). The lowest BCUT2D eigenvalue weighted by Gasteiger charge is -2.13. The lowest BCUT2D eigenvalue weighted by molar-refractivity contribution is 0.176. The lowest BCUT2D eigenvalue weighted by Crippen LogP contribution is -2.33. The number of carbonyl (C=O) groups is 1. The summed E-state index contributed by atoms with van der Waals surface area (Å²) in [6.45, 7) is 3.89. The summed E-state index contributed by atoms with van der Waals surface area (Å²) in [6, 6.07) is 8.98. The zero-order valence-corrected chi connectivity index (χ0v) is 18.0. The van der Waals surface area contributed by atoms with Crippen molar-refractivity contribution in [2.75, 3.05) is 7.11 Å². The summed E-state index contributed by atoms with van der Waals surface area (Å²) >= 11 is 5.93. The highest BCUT2D eigenvalue weighted by molar-refractivity contribution is 6.30. The first-order chi connectivity index (χ1) is 15.0. The molecule has 3 heterocycles. The van der Waals surface area contributed by atoms with Crippen LogP contribution >= 0.6 is 11.6 Å². The van der Waals surface area contributed by atoms with Gasteiger partial charge in [-0.15, -0.1) is 0 Å². The van der Waals surface area contributed by atoms with Crippen molar-refractivity contribution in [1.29, 1.82) is 0 Å². The summed E-state index contributed by atoms with van der Waals surface area (Å²) in [6.07, 6.45) is 2.56. The number of rotatable bonds is 6. The van der Waals surface area contributed by atoms with Crippen molar-refractivity contribution in [1.82, 2.24) is 20.3 Å². The fourth-order valence-corrected chi connectivity index (χ4v) is 3.41. The number of benzene rings is 1. The molecule has 1 amide bonds. The molecule has 9 heteroatoms. The number of nitrogens with zero attached hydrogens (tertiary/aromatic N) is 2. The van der Waals surface area contributed by atoms with Gasteiger partial charge in [0.15, 0.2) is 0 Å². The highest BCUT2D eigenvalue weighted by atomic mass is 35.5. The van der Waals surface area contributed by atoms with Gasteiger partial charge < -0.3 is 24.5 Å². The van der Waals surface area contributed by atoms with Gasteiger partial charge in [0.2, 0.25) is 11.8 Å². The molecule has 0 saturated heterocycles. The Balaban J connectivity index is 1.86. The molecule has 160 valence electrons. The van der Waals surface area contributed by atoms with E-state index in [1.54, 1.807) is 25.4 Å². The molecule has 31 heavy (non-hydrogen) atoms. The summed E-state index contributed by atoms with van der Waals surface area (Å²) in [4.78, 5) is 24.1. The quantitative estimate of drug-likeness (QED) is 0.427. The minimum Gasteiger partial charge on any atom is -0.438 e. The number of ether oxygens (including phenoxy) is 3. The monoisotopic (exact) mass is 440 g/mol. The maximum absolute atomic E-state index is 12.2. The van der Waals surface area contributed by atoms with Gasteiger partial charge >= 0.3 is 6.09 Å². The summed E-state index contributed by atoms with van der Waals surface area (Å²) in [5.41, 5.74) is 2.23. The fourth-order valence-electron chi connectivity index (χ4n) is 3.29. The molecule has 0 unspecified atom stereocenters. The van der Waals surface area contributed by atoms with E-state index < -0.39 is 6.09 Å². The van der Waals surface area contributed by atoms with Crippen LogP contribution in [0.5, 0.6) is 17.5 Å². The first kappa shape index (κ1) is 20.9. The predicted octanol–water partition coefficient (Wildman–Crippen LogP) is 5.20. The van der Waals surface area contributed by atoms with Crippen LogP contribution in [0.4, 0.5) is 4.79 Å². The normalized spacial score (nSPS) is 11.3. The van der Waals surface area contributed by atoms with Crippen molar-refractivity contribution < 1.29 is 19.0 Å². The van der Waals surface area contributed by atoms with E-state index in [0.717, 1.165) is 21.8 Å². The fraction of sp³-hybridized carbons (Fsp3) is 0.227. The van der Waals surface area contributed by atoms with Gasteiger partial charge in [-0.2, -0.15) is 0 Å². The van der Waals surface area contributed by atoms with E-state index in [1.807, 2.05) is 32.0 Å². The Kier molecular flexibility index (Phi) is 5.92. The topological polar surface area (TPSA) is 98.4 Å². The number of amides is 1. The molecule has 0 fully saturated rings. The van der Waals surface area contributed by atoms with Crippen LogP contribution in [-0.2, 0) is 11.3 Å². The number of hydrogen-bond donors (Lipinski definition) is 2. The molecule has 0 aliphatic carbocycles. The molecule has 4 aromatic rings. The summed E-state index contributed by atoms with van der Waals surface area (Å²) < 4.78 is 16.9. The van der Waals surface area contributed by atoms with Gasteiger partial charge in [-0.05, 0) is 32.0 Å². The third kappa shape index (κ3) is 4.40. The van der Waals surface area contributed by atoms with E-state index in [-0.39, 0.29) is 18.5 Å². The van der Waals surface area contributed by atoms with Crippen LogP contribution < -0.4 is 14.8 Å². The minimum absolute atomic E-state index is 0.0675. The zero-order chi connectivity index (χ0) is 22.0. The predicted molar refractivity (Wildman–Crippen MR) is 118 cm³/mol. The van der Waals surface area contributed by atoms with Crippen LogP contribution in [0.1, 0.15) is 19.4 Å². The summed E-state index contributed by atoms with van der Waals surface area (Å²) in [7, 11) is 1.57. The number of nitrogens with one attached hydrogen (secondary N) is 2. The van der Waals surface area contributed by atoms with Crippen LogP contribution in [0.25, 0.3) is 21.8 Å². The Hall–Kier alpha value is -3.36. The van der Waals surface area contributed by atoms with Crippen molar-refractivity contribution in [2.24, 2.45) is 0 Å². The minimum atomic E-state index is -0.583. The maximum Gasteiger partial charge on any atom is 0.414 e. The molecule has 0 spiro atoms. The van der Waals surface area contributed by atoms with E-state index >= 15 is 0 Å². The number of carbonyl (C=O) groups excluding carboxylic acids is 1. The second kappa shape index (κ2) is 8.79. The number of H-pyrrole nitrogens is 1. The van der Waals surface area contributed by atoms with Gasteiger partial charge in [-0.25, -0.2) is 14.8 Å². The van der Waals surface area contributed by atoms with Crippen molar-refractivity contribution in [3.63, 3.8) is 0 Å². The molecule has 0 aliphatic heterocycles. The van der Waals surface area contributed by atoms with Crippen molar-refractivity contribution in [2.45, 2.75) is 26.5 Å². The third-order valence-corrected chi connectivity index (χ3v) is 4.71. The molecule has 4 rings (SSSR count). The van der Waals surface area contributed by atoms with Gasteiger partial charge in [0.1, 0.15) is 5.75 Å². The van der Waals surface area contributed by atoms with E-state index in [0.29, 0.717) is 22.2 Å². The molecule has 0 radical (unpaired) electrons. The van der Waals surface area contributed by atoms with Crippen LogP contribution in [0.3, 0.4) is 0 Å². The molecule has 0 bridgehead atoms. The van der Waals surface area contributed by atoms with Gasteiger partial charge in [0, 0.05) is 30.8 Å². The largest absolute Gasteiger partial charge is 0.438 e. The molecule has 0 saturated carbocycles. The lowest BCUT2D eigenvalue weighted by atomic mass is 10.1. The van der Waals surface area contributed by atoms with Crippen molar-refractivity contribution in [3.8, 4) is 17.5 Å². The molecule has 1 aromatic carbocycles. The van der Waals surface area contributed by atoms with Crippen LogP contribution in [0.15, 0.2) is 42.7 Å². The molecule has 0 aliphatic rings. The third-order valence-electron chi connectivity index (χ3n) is 4.49. The Morgan fingerprint density at radius 3 is 2.68 bits per heavy atom.